The second-order valence-electron chi connectivity index (χ2n) is 13.2. The molecule has 0 aliphatic heterocycles. The highest BCUT2D eigenvalue weighted by atomic mass is 16.3. The lowest BCUT2D eigenvalue weighted by atomic mass is 10.0. The lowest BCUT2D eigenvalue weighted by Gasteiger charge is -2.23. The second-order valence-corrected chi connectivity index (χ2v) is 13.2. The van der Waals surface area contributed by atoms with Crippen LogP contribution in [0.15, 0.2) is 0 Å². The fourth-order valence-electron chi connectivity index (χ4n) is 5.99. The maximum Gasteiger partial charge on any atom is 0.222 e. The highest BCUT2D eigenvalue weighted by Gasteiger charge is 2.21. The van der Waals surface area contributed by atoms with Gasteiger partial charge in [0.15, 0.2) is 0 Å². The number of hydrogen-bond donors (Lipinski definition) is 4. The Morgan fingerprint density at radius 2 is 0.810 bits per heavy atom. The Labute approximate surface area is 262 Å². The van der Waals surface area contributed by atoms with E-state index >= 15 is 0 Å². The van der Waals surface area contributed by atoms with Crippen LogP contribution in [0.2, 0.25) is 0 Å². The quantitative estimate of drug-likeness (QED) is 0.0556. The monoisotopic (exact) mass is 598 g/mol. The minimum atomic E-state index is -0.741. The lowest BCUT2D eigenvalue weighted by Crippen LogP contribution is -2.46. The van der Waals surface area contributed by atoms with E-state index in [1.54, 1.807) is 0 Å². The third-order valence-electron chi connectivity index (χ3n) is 8.92. The molecule has 3 unspecified atom stereocenters. The molecule has 0 saturated carbocycles. The minimum absolute atomic E-state index is 0.0417. The molecule has 0 rings (SSSR count). The zero-order chi connectivity index (χ0) is 30.9. The standard InChI is InChI=1S/C37H75NO4/c1-3-5-7-9-11-13-15-16-17-18-19-21-23-25-27-29-31-36(41)35(33-39)38-37(42)32-34(40)30-28-26-24-22-20-14-12-10-8-6-4-2/h34-36,39-41H,3-33H2,1-2H3,(H,38,42). The van der Waals surface area contributed by atoms with Gasteiger partial charge in [0.25, 0.3) is 0 Å². The van der Waals surface area contributed by atoms with Crippen LogP contribution in [0, 0.1) is 0 Å². The van der Waals surface area contributed by atoms with E-state index in [1.165, 1.54) is 148 Å². The van der Waals surface area contributed by atoms with Crippen LogP contribution in [0.1, 0.15) is 206 Å². The van der Waals surface area contributed by atoms with Gasteiger partial charge in [-0.05, 0) is 12.8 Å². The molecule has 5 nitrogen and oxygen atoms in total. The Hall–Kier alpha value is -0.650. The van der Waals surface area contributed by atoms with Crippen molar-refractivity contribution in [2.24, 2.45) is 0 Å². The fourth-order valence-corrected chi connectivity index (χ4v) is 5.99. The molecule has 1 amide bonds. The van der Waals surface area contributed by atoms with Crippen molar-refractivity contribution in [3.63, 3.8) is 0 Å². The third kappa shape index (κ3) is 29.4. The summed E-state index contributed by atoms with van der Waals surface area (Å²) >= 11 is 0. The van der Waals surface area contributed by atoms with E-state index in [-0.39, 0.29) is 18.9 Å². The second kappa shape index (κ2) is 33.2. The van der Waals surface area contributed by atoms with E-state index in [4.69, 9.17) is 0 Å². The summed E-state index contributed by atoms with van der Waals surface area (Å²) < 4.78 is 0. The van der Waals surface area contributed by atoms with Gasteiger partial charge < -0.3 is 20.6 Å². The van der Waals surface area contributed by atoms with Gasteiger partial charge in [-0.15, -0.1) is 0 Å². The number of nitrogens with one attached hydrogen (secondary N) is 1. The highest BCUT2D eigenvalue weighted by molar-refractivity contribution is 5.76. The first-order valence-electron chi connectivity index (χ1n) is 18.8. The third-order valence-corrected chi connectivity index (χ3v) is 8.92. The molecule has 42 heavy (non-hydrogen) atoms. The molecule has 0 aromatic rings. The van der Waals surface area contributed by atoms with Crippen molar-refractivity contribution in [2.45, 2.75) is 225 Å². The Morgan fingerprint density at radius 3 is 1.14 bits per heavy atom. The van der Waals surface area contributed by atoms with E-state index < -0.39 is 18.2 Å². The topological polar surface area (TPSA) is 89.8 Å². The molecular weight excluding hydrogens is 522 g/mol. The van der Waals surface area contributed by atoms with Gasteiger partial charge in [-0.2, -0.15) is 0 Å². The molecule has 0 fully saturated rings. The number of carbonyl (C=O) groups is 1. The lowest BCUT2D eigenvalue weighted by molar-refractivity contribution is -0.125. The molecule has 0 saturated heterocycles. The van der Waals surface area contributed by atoms with Gasteiger partial charge in [0, 0.05) is 0 Å². The van der Waals surface area contributed by atoms with E-state index in [2.05, 4.69) is 19.2 Å². The number of hydrogen-bond acceptors (Lipinski definition) is 4. The van der Waals surface area contributed by atoms with Crippen LogP contribution < -0.4 is 5.32 Å². The summed E-state index contributed by atoms with van der Waals surface area (Å²) in [5, 5.41) is 33.2. The van der Waals surface area contributed by atoms with Crippen LogP contribution in [-0.2, 0) is 4.79 Å². The maximum absolute atomic E-state index is 12.4. The molecule has 4 N–H and O–H groups in total. The molecule has 0 aromatic heterocycles. The first-order chi connectivity index (χ1) is 20.5. The van der Waals surface area contributed by atoms with Crippen LogP contribution in [0.4, 0.5) is 0 Å². The van der Waals surface area contributed by atoms with Crippen molar-refractivity contribution in [3.05, 3.63) is 0 Å². The predicted molar refractivity (Wildman–Crippen MR) is 181 cm³/mol. The van der Waals surface area contributed by atoms with Gasteiger partial charge in [-0.25, -0.2) is 0 Å². The Morgan fingerprint density at radius 1 is 0.500 bits per heavy atom. The average Bonchev–Trinajstić information content (AvgIpc) is 2.98. The predicted octanol–water partition coefficient (Wildman–Crippen LogP) is 9.93. The zero-order valence-electron chi connectivity index (χ0n) is 28.4. The van der Waals surface area contributed by atoms with E-state index in [1.807, 2.05) is 0 Å². The van der Waals surface area contributed by atoms with E-state index in [0.717, 1.165) is 25.7 Å². The smallest absolute Gasteiger partial charge is 0.222 e. The van der Waals surface area contributed by atoms with Crippen molar-refractivity contribution in [1.29, 1.82) is 0 Å². The van der Waals surface area contributed by atoms with Crippen molar-refractivity contribution >= 4 is 5.91 Å². The van der Waals surface area contributed by atoms with E-state index in [9.17, 15) is 20.1 Å². The van der Waals surface area contributed by atoms with Crippen LogP contribution in [-0.4, -0.2) is 46.1 Å². The molecule has 0 heterocycles. The molecule has 0 spiro atoms. The van der Waals surface area contributed by atoms with Crippen molar-refractivity contribution in [2.75, 3.05) is 6.61 Å². The maximum atomic E-state index is 12.4. The van der Waals surface area contributed by atoms with Gasteiger partial charge >= 0.3 is 0 Å². The summed E-state index contributed by atoms with van der Waals surface area (Å²) in [6.07, 6.45) is 34.8. The first-order valence-corrected chi connectivity index (χ1v) is 18.8. The number of aliphatic hydroxyl groups excluding tert-OH is 3. The number of aliphatic hydroxyl groups is 3. The number of amides is 1. The van der Waals surface area contributed by atoms with Crippen molar-refractivity contribution in [1.82, 2.24) is 5.32 Å². The SMILES string of the molecule is CCCCCCCCCCCCCCCCCCC(O)C(CO)NC(=O)CC(O)CCCCCCCCCCCCC. The number of carbonyl (C=O) groups excluding carboxylic acids is 1. The van der Waals surface area contributed by atoms with Gasteiger partial charge in [-0.3, -0.25) is 4.79 Å². The van der Waals surface area contributed by atoms with Gasteiger partial charge in [0.05, 0.1) is 31.3 Å². The zero-order valence-corrected chi connectivity index (χ0v) is 28.4. The molecule has 0 bridgehead atoms. The molecular formula is C37H75NO4. The van der Waals surface area contributed by atoms with E-state index in [0.29, 0.717) is 12.8 Å². The minimum Gasteiger partial charge on any atom is -0.394 e. The highest BCUT2D eigenvalue weighted by Crippen LogP contribution is 2.16. The van der Waals surface area contributed by atoms with Gasteiger partial charge in [-0.1, -0.05) is 187 Å². The molecule has 0 aliphatic rings. The number of rotatable bonds is 34. The molecule has 252 valence electrons. The van der Waals surface area contributed by atoms with Crippen LogP contribution in [0.5, 0.6) is 0 Å². The molecule has 0 aliphatic carbocycles. The van der Waals surface area contributed by atoms with Gasteiger partial charge in [0.1, 0.15) is 0 Å². The summed E-state index contributed by atoms with van der Waals surface area (Å²) in [5.41, 5.74) is 0. The summed E-state index contributed by atoms with van der Waals surface area (Å²) in [5.74, 6) is -0.282. The summed E-state index contributed by atoms with van der Waals surface area (Å²) in [7, 11) is 0. The van der Waals surface area contributed by atoms with Crippen LogP contribution in [0.3, 0.4) is 0 Å². The average molecular weight is 598 g/mol. The van der Waals surface area contributed by atoms with Gasteiger partial charge in [0.2, 0.25) is 5.91 Å². The number of unbranched alkanes of at least 4 members (excludes halogenated alkanes) is 25. The summed E-state index contributed by atoms with van der Waals surface area (Å²) in [6, 6.07) is -0.650. The fraction of sp³-hybridized carbons (Fsp3) is 0.973. The normalized spacial score (nSPS) is 13.7. The Bertz CT molecular complexity index is 544. The molecule has 5 heteroatoms. The molecule has 0 aromatic carbocycles. The van der Waals surface area contributed by atoms with Crippen molar-refractivity contribution < 1.29 is 20.1 Å². The summed E-state index contributed by atoms with van der Waals surface area (Å²) in [4.78, 5) is 12.4. The largest absolute Gasteiger partial charge is 0.394 e. The molecule has 0 radical (unpaired) electrons. The summed E-state index contributed by atoms with van der Waals surface area (Å²) in [6.45, 7) is 4.25. The molecule has 3 atom stereocenters. The first kappa shape index (κ1) is 41.4. The van der Waals surface area contributed by atoms with Crippen molar-refractivity contribution in [3.8, 4) is 0 Å². The Balaban J connectivity index is 3.64. The van der Waals surface area contributed by atoms with Crippen LogP contribution in [0.25, 0.3) is 0 Å². The van der Waals surface area contributed by atoms with Crippen LogP contribution >= 0.6 is 0 Å². The Kier molecular flexibility index (Phi) is 32.7.